The van der Waals surface area contributed by atoms with E-state index in [1.807, 2.05) is 66.7 Å². The number of nitrogens with one attached hydrogen (secondary N) is 1. The van der Waals surface area contributed by atoms with Gasteiger partial charge in [-0.3, -0.25) is 4.57 Å². The summed E-state index contributed by atoms with van der Waals surface area (Å²) in [5, 5.41) is 4.26. The molecular weight excluding hydrogens is 653 g/mol. The van der Waals surface area contributed by atoms with Gasteiger partial charge in [-0.1, -0.05) is 121 Å². The van der Waals surface area contributed by atoms with E-state index in [-0.39, 0.29) is 0 Å². The third kappa shape index (κ3) is 4.75. The molecule has 7 heteroatoms. The lowest BCUT2D eigenvalue weighted by Crippen LogP contribution is -2.06. The number of fused-ring (bicyclic) bond motifs is 7. The summed E-state index contributed by atoms with van der Waals surface area (Å²) in [6.45, 7) is 0. The topological polar surface area (TPSA) is 85.4 Å². The van der Waals surface area contributed by atoms with Crippen molar-refractivity contribution in [1.82, 2.24) is 29.5 Å². The summed E-state index contributed by atoms with van der Waals surface area (Å²) in [4.78, 5) is 23.6. The Labute approximate surface area is 302 Å². The molecule has 11 aromatic rings. The molecule has 0 atom stereocenters. The molecular formula is C46H28N6O. The first-order valence-corrected chi connectivity index (χ1v) is 17.6. The van der Waals surface area contributed by atoms with Crippen LogP contribution >= 0.6 is 0 Å². The molecule has 7 nitrogen and oxygen atoms in total. The number of rotatable bonds is 5. The molecule has 11 rings (SSSR count). The lowest BCUT2D eigenvalue weighted by Gasteiger charge is -2.11. The average Bonchev–Trinajstić information content (AvgIpc) is 3.93. The van der Waals surface area contributed by atoms with Gasteiger partial charge in [0, 0.05) is 38.2 Å². The van der Waals surface area contributed by atoms with Gasteiger partial charge in [-0.25, -0.2) is 9.97 Å². The number of H-pyrrole nitrogens is 1. The summed E-state index contributed by atoms with van der Waals surface area (Å²) in [7, 11) is 0. The number of para-hydroxylation sites is 4. The Morgan fingerprint density at radius 1 is 0.453 bits per heavy atom. The maximum absolute atomic E-state index is 6.54. The third-order valence-corrected chi connectivity index (χ3v) is 10.1. The second-order valence-electron chi connectivity index (χ2n) is 13.2. The Balaban J connectivity index is 1.05. The van der Waals surface area contributed by atoms with Crippen molar-refractivity contribution < 1.29 is 4.42 Å². The Kier molecular flexibility index (Phi) is 6.42. The smallest absolute Gasteiger partial charge is 0.238 e. The van der Waals surface area contributed by atoms with E-state index >= 15 is 0 Å². The van der Waals surface area contributed by atoms with Crippen molar-refractivity contribution in [3.05, 3.63) is 164 Å². The van der Waals surface area contributed by atoms with Gasteiger partial charge in [-0.15, -0.1) is 0 Å². The molecule has 4 aromatic heterocycles. The molecule has 248 valence electrons. The largest absolute Gasteiger partial charge is 0.456 e. The van der Waals surface area contributed by atoms with E-state index in [0.29, 0.717) is 17.6 Å². The predicted octanol–water partition coefficient (Wildman–Crippen LogP) is 11.4. The van der Waals surface area contributed by atoms with Crippen LogP contribution < -0.4 is 0 Å². The molecule has 1 N–H and O–H groups in total. The van der Waals surface area contributed by atoms with E-state index in [0.717, 1.165) is 88.4 Å². The Morgan fingerprint density at radius 2 is 1.13 bits per heavy atom. The second kappa shape index (κ2) is 11.6. The first kappa shape index (κ1) is 29.4. The highest BCUT2D eigenvalue weighted by atomic mass is 16.3. The molecule has 0 aliphatic rings. The summed E-state index contributed by atoms with van der Waals surface area (Å²) >= 11 is 0. The van der Waals surface area contributed by atoms with Crippen molar-refractivity contribution in [2.75, 3.05) is 0 Å². The molecule has 0 amide bonds. The van der Waals surface area contributed by atoms with Gasteiger partial charge in [0.1, 0.15) is 17.0 Å². The van der Waals surface area contributed by atoms with E-state index in [1.165, 1.54) is 0 Å². The fourth-order valence-corrected chi connectivity index (χ4v) is 7.54. The average molecular weight is 681 g/mol. The molecule has 0 aliphatic carbocycles. The number of hydrogen-bond donors (Lipinski definition) is 1. The SMILES string of the molecule is c1ccc(-c2nc(-c3cccc4oc5cc(-c6ccc(-c7nc8ccccc8[nH]7)cc6)ccc5c34)nc(-n3c4ccccc4c4ccccc43)n2)cc1. The standard InChI is InChI=1S/C46H28N6O/c1-2-11-29(12-3-1)44-49-45(51-46(50-44)52-38-18-8-4-13-32(38)33-14-5-9-19-39(33)52)35-15-10-20-40-42(35)34-26-25-31(27-41(34)53-40)28-21-23-30(24-22-28)43-47-36-16-6-7-17-37(36)48-43/h1-27H,(H,47,48). The molecule has 0 saturated heterocycles. The van der Waals surface area contributed by atoms with Crippen molar-refractivity contribution >= 4 is 54.8 Å². The summed E-state index contributed by atoms with van der Waals surface area (Å²) < 4.78 is 8.69. The van der Waals surface area contributed by atoms with Gasteiger partial charge in [-0.05, 0) is 53.6 Å². The maximum atomic E-state index is 6.54. The molecule has 0 aliphatic heterocycles. The fraction of sp³-hybridized carbons (Fsp3) is 0. The van der Waals surface area contributed by atoms with Crippen LogP contribution in [0.15, 0.2) is 168 Å². The van der Waals surface area contributed by atoms with E-state index < -0.39 is 0 Å². The normalized spacial score (nSPS) is 11.8. The van der Waals surface area contributed by atoms with Crippen LogP contribution in [0.2, 0.25) is 0 Å². The Hall–Kier alpha value is -7.38. The van der Waals surface area contributed by atoms with Crippen molar-refractivity contribution in [2.45, 2.75) is 0 Å². The van der Waals surface area contributed by atoms with Crippen LogP contribution in [0.4, 0.5) is 0 Å². The first-order chi connectivity index (χ1) is 26.2. The summed E-state index contributed by atoms with van der Waals surface area (Å²) in [6.07, 6.45) is 0. The van der Waals surface area contributed by atoms with E-state index in [9.17, 15) is 0 Å². The minimum Gasteiger partial charge on any atom is -0.456 e. The number of furan rings is 1. The van der Waals surface area contributed by atoms with Crippen LogP contribution in [-0.2, 0) is 0 Å². The second-order valence-corrected chi connectivity index (χ2v) is 13.2. The first-order valence-electron chi connectivity index (χ1n) is 17.6. The molecule has 7 aromatic carbocycles. The molecule has 0 radical (unpaired) electrons. The number of aromatic nitrogens is 6. The Morgan fingerprint density at radius 3 is 1.92 bits per heavy atom. The van der Waals surface area contributed by atoms with E-state index in [4.69, 9.17) is 24.4 Å². The highest BCUT2D eigenvalue weighted by Crippen LogP contribution is 2.39. The van der Waals surface area contributed by atoms with Crippen LogP contribution in [0.5, 0.6) is 0 Å². The molecule has 0 fully saturated rings. The number of nitrogens with zero attached hydrogens (tertiary/aromatic N) is 5. The molecule has 4 heterocycles. The van der Waals surface area contributed by atoms with Crippen LogP contribution in [-0.4, -0.2) is 29.5 Å². The molecule has 0 saturated carbocycles. The van der Waals surface area contributed by atoms with E-state index in [2.05, 4.69) is 107 Å². The molecule has 0 unspecified atom stereocenters. The van der Waals surface area contributed by atoms with Crippen LogP contribution in [0.1, 0.15) is 0 Å². The van der Waals surface area contributed by atoms with Crippen molar-refractivity contribution in [2.24, 2.45) is 0 Å². The van der Waals surface area contributed by atoms with Gasteiger partial charge in [0.2, 0.25) is 5.95 Å². The number of benzene rings is 7. The predicted molar refractivity (Wildman–Crippen MR) is 213 cm³/mol. The van der Waals surface area contributed by atoms with Gasteiger partial charge in [-0.2, -0.15) is 9.97 Å². The van der Waals surface area contributed by atoms with Gasteiger partial charge in [0.05, 0.1) is 22.1 Å². The Bertz CT molecular complexity index is 3090. The lowest BCUT2D eigenvalue weighted by molar-refractivity contribution is 0.669. The van der Waals surface area contributed by atoms with Gasteiger partial charge >= 0.3 is 0 Å². The van der Waals surface area contributed by atoms with Gasteiger partial charge in [0.25, 0.3) is 0 Å². The zero-order valence-electron chi connectivity index (χ0n) is 28.2. The van der Waals surface area contributed by atoms with Gasteiger partial charge in [0.15, 0.2) is 11.6 Å². The molecule has 0 bridgehead atoms. The van der Waals surface area contributed by atoms with E-state index in [1.54, 1.807) is 0 Å². The summed E-state index contributed by atoms with van der Waals surface area (Å²) in [5.41, 5.74) is 10.6. The van der Waals surface area contributed by atoms with Crippen molar-refractivity contribution in [3.63, 3.8) is 0 Å². The molecule has 0 spiro atoms. The van der Waals surface area contributed by atoms with Crippen molar-refractivity contribution in [3.8, 4) is 51.2 Å². The monoisotopic (exact) mass is 680 g/mol. The quantitative estimate of drug-likeness (QED) is 0.196. The summed E-state index contributed by atoms with van der Waals surface area (Å²) in [5.74, 6) is 2.59. The van der Waals surface area contributed by atoms with Gasteiger partial charge < -0.3 is 9.40 Å². The highest BCUT2D eigenvalue weighted by molar-refractivity contribution is 6.13. The van der Waals surface area contributed by atoms with Crippen molar-refractivity contribution in [1.29, 1.82) is 0 Å². The zero-order chi connectivity index (χ0) is 34.9. The number of aromatic amines is 1. The highest BCUT2D eigenvalue weighted by Gasteiger charge is 2.20. The summed E-state index contributed by atoms with van der Waals surface area (Å²) in [6, 6.07) is 55.9. The molecule has 53 heavy (non-hydrogen) atoms. The van der Waals surface area contributed by atoms with Crippen LogP contribution in [0, 0.1) is 0 Å². The maximum Gasteiger partial charge on any atom is 0.238 e. The fourth-order valence-electron chi connectivity index (χ4n) is 7.54. The minimum atomic E-state index is 0.560. The lowest BCUT2D eigenvalue weighted by atomic mass is 10.0. The number of imidazole rings is 1. The van der Waals surface area contributed by atoms with Crippen LogP contribution in [0.3, 0.4) is 0 Å². The van der Waals surface area contributed by atoms with Crippen LogP contribution in [0.25, 0.3) is 106 Å². The third-order valence-electron chi connectivity index (χ3n) is 10.1. The zero-order valence-corrected chi connectivity index (χ0v) is 28.2. The number of hydrogen-bond acceptors (Lipinski definition) is 5. The minimum absolute atomic E-state index is 0.560.